The molecule has 0 aliphatic carbocycles. The number of methoxy groups -OCH3 is 1. The van der Waals surface area contributed by atoms with Crippen molar-refractivity contribution in [3.05, 3.63) is 29.8 Å². The van der Waals surface area contributed by atoms with Gasteiger partial charge in [-0.05, 0) is 49.3 Å². The van der Waals surface area contributed by atoms with Crippen LogP contribution in [0.1, 0.15) is 37.9 Å². The van der Waals surface area contributed by atoms with Crippen molar-refractivity contribution in [2.24, 2.45) is 5.41 Å². The fraction of sp³-hybridized carbons (Fsp3) is 0.611. The summed E-state index contributed by atoms with van der Waals surface area (Å²) in [5, 5.41) is 9.42. The molecule has 1 aromatic carbocycles. The van der Waals surface area contributed by atoms with Gasteiger partial charge in [0.05, 0.1) is 0 Å². The Hall–Kier alpha value is -1.59. The van der Waals surface area contributed by atoms with Gasteiger partial charge in [-0.2, -0.15) is 0 Å². The summed E-state index contributed by atoms with van der Waals surface area (Å²) in [5.74, 6) is 0.195. The fourth-order valence-corrected chi connectivity index (χ4v) is 4.00. The molecule has 0 saturated carbocycles. The maximum absolute atomic E-state index is 13.0. The van der Waals surface area contributed by atoms with Crippen LogP contribution >= 0.6 is 0 Å². The van der Waals surface area contributed by atoms with Crippen molar-refractivity contribution in [1.29, 1.82) is 0 Å². The Bertz CT molecular complexity index is 551. The molecule has 1 spiro atoms. The van der Waals surface area contributed by atoms with E-state index in [1.54, 1.807) is 31.4 Å². The van der Waals surface area contributed by atoms with E-state index in [1.807, 2.05) is 4.90 Å². The Morgan fingerprint density at radius 1 is 1.30 bits per heavy atom. The largest absolute Gasteiger partial charge is 0.508 e. The minimum atomic E-state index is -0.618. The third-order valence-corrected chi connectivity index (χ3v) is 5.63. The van der Waals surface area contributed by atoms with Gasteiger partial charge in [0.2, 0.25) is 0 Å². The van der Waals surface area contributed by atoms with Crippen molar-refractivity contribution >= 4 is 5.91 Å². The monoisotopic (exact) mass is 319 g/mol. The molecule has 5 heteroatoms. The zero-order valence-corrected chi connectivity index (χ0v) is 13.8. The van der Waals surface area contributed by atoms with E-state index >= 15 is 0 Å². The SMILES string of the molecule is COC(C(=O)N1CCC2(CCOCC2)C1C)c1ccc(O)cc1. The van der Waals surface area contributed by atoms with Crippen LogP contribution in [0.25, 0.3) is 0 Å². The minimum absolute atomic E-state index is 0.00839. The third-order valence-electron chi connectivity index (χ3n) is 5.63. The van der Waals surface area contributed by atoms with E-state index < -0.39 is 6.10 Å². The summed E-state index contributed by atoms with van der Waals surface area (Å²) < 4.78 is 11.0. The molecule has 2 heterocycles. The second-order valence-corrected chi connectivity index (χ2v) is 6.64. The number of aromatic hydroxyl groups is 1. The number of phenolic OH excluding ortho intramolecular Hbond substituents is 1. The van der Waals surface area contributed by atoms with Crippen molar-refractivity contribution < 1.29 is 19.4 Å². The Labute approximate surface area is 137 Å². The lowest BCUT2D eigenvalue weighted by Crippen LogP contribution is -2.45. The number of phenols is 1. The number of benzene rings is 1. The van der Waals surface area contributed by atoms with Crippen molar-refractivity contribution in [1.82, 2.24) is 4.90 Å². The Kier molecular flexibility index (Phi) is 4.60. The summed E-state index contributed by atoms with van der Waals surface area (Å²) in [7, 11) is 1.56. The lowest BCUT2D eigenvalue weighted by atomic mass is 9.74. The maximum Gasteiger partial charge on any atom is 0.256 e. The molecule has 3 rings (SSSR count). The summed E-state index contributed by atoms with van der Waals surface area (Å²) in [6.07, 6.45) is 2.46. The van der Waals surface area contributed by atoms with Gasteiger partial charge in [0, 0.05) is 32.9 Å². The van der Waals surface area contributed by atoms with Crippen LogP contribution < -0.4 is 0 Å². The molecule has 126 valence electrons. The molecule has 2 aliphatic rings. The number of hydrogen-bond donors (Lipinski definition) is 1. The smallest absolute Gasteiger partial charge is 0.256 e. The first-order valence-corrected chi connectivity index (χ1v) is 8.27. The molecule has 1 amide bonds. The molecule has 2 fully saturated rings. The minimum Gasteiger partial charge on any atom is -0.508 e. The standard InChI is InChI=1S/C18H25NO4/c1-13-18(8-11-23-12-9-18)7-10-19(13)17(21)16(22-2)14-3-5-15(20)6-4-14/h3-6,13,16,20H,7-12H2,1-2H3. The van der Waals surface area contributed by atoms with Crippen LogP contribution in [0, 0.1) is 5.41 Å². The van der Waals surface area contributed by atoms with Gasteiger partial charge in [-0.15, -0.1) is 0 Å². The number of hydrogen-bond acceptors (Lipinski definition) is 4. The van der Waals surface area contributed by atoms with Gasteiger partial charge >= 0.3 is 0 Å². The number of likely N-dealkylation sites (tertiary alicyclic amines) is 1. The number of rotatable bonds is 3. The Morgan fingerprint density at radius 3 is 2.57 bits per heavy atom. The van der Waals surface area contributed by atoms with Crippen molar-refractivity contribution in [2.75, 3.05) is 26.9 Å². The molecule has 23 heavy (non-hydrogen) atoms. The van der Waals surface area contributed by atoms with E-state index in [1.165, 1.54) is 0 Å². The van der Waals surface area contributed by atoms with Gasteiger partial charge in [0.1, 0.15) is 5.75 Å². The highest BCUT2D eigenvalue weighted by Gasteiger charge is 2.48. The lowest BCUT2D eigenvalue weighted by molar-refractivity contribution is -0.144. The molecule has 2 unspecified atom stereocenters. The Morgan fingerprint density at radius 2 is 1.96 bits per heavy atom. The summed E-state index contributed by atoms with van der Waals surface area (Å²) in [6, 6.07) is 6.86. The van der Waals surface area contributed by atoms with Crippen molar-refractivity contribution in [3.8, 4) is 5.75 Å². The molecule has 2 aliphatic heterocycles. The fourth-order valence-electron chi connectivity index (χ4n) is 4.00. The molecule has 1 N–H and O–H groups in total. The van der Waals surface area contributed by atoms with Gasteiger partial charge in [-0.25, -0.2) is 0 Å². The Balaban J connectivity index is 1.77. The van der Waals surface area contributed by atoms with Gasteiger partial charge in [-0.3, -0.25) is 4.79 Å². The highest BCUT2D eigenvalue weighted by atomic mass is 16.5. The highest BCUT2D eigenvalue weighted by Crippen LogP contribution is 2.45. The first-order valence-electron chi connectivity index (χ1n) is 8.27. The molecule has 5 nitrogen and oxygen atoms in total. The van der Waals surface area contributed by atoms with E-state index in [2.05, 4.69) is 6.92 Å². The van der Waals surface area contributed by atoms with Crippen LogP contribution in [0.3, 0.4) is 0 Å². The number of nitrogens with zero attached hydrogens (tertiary/aromatic N) is 1. The van der Waals surface area contributed by atoms with Crippen molar-refractivity contribution in [3.63, 3.8) is 0 Å². The molecule has 0 bridgehead atoms. The van der Waals surface area contributed by atoms with Gasteiger partial charge < -0.3 is 19.5 Å². The number of ether oxygens (including phenoxy) is 2. The molecule has 0 radical (unpaired) electrons. The van der Waals surface area contributed by atoms with E-state index in [4.69, 9.17) is 9.47 Å². The van der Waals surface area contributed by atoms with E-state index in [9.17, 15) is 9.90 Å². The van der Waals surface area contributed by atoms with Crippen LogP contribution in [0.15, 0.2) is 24.3 Å². The number of carbonyl (C=O) groups excluding carboxylic acids is 1. The predicted molar refractivity (Wildman–Crippen MR) is 86.1 cm³/mol. The zero-order chi connectivity index (χ0) is 16.4. The summed E-state index contributed by atoms with van der Waals surface area (Å²) in [5.41, 5.74) is 0.969. The second-order valence-electron chi connectivity index (χ2n) is 6.64. The lowest BCUT2D eigenvalue weighted by Gasteiger charge is -2.39. The average molecular weight is 319 g/mol. The molecular weight excluding hydrogens is 294 g/mol. The van der Waals surface area contributed by atoms with Gasteiger partial charge in [-0.1, -0.05) is 12.1 Å². The quantitative estimate of drug-likeness (QED) is 0.930. The van der Waals surface area contributed by atoms with Crippen LogP contribution in [-0.4, -0.2) is 48.8 Å². The summed E-state index contributed by atoms with van der Waals surface area (Å²) in [6.45, 7) is 4.51. The van der Waals surface area contributed by atoms with Gasteiger partial charge in [0.25, 0.3) is 5.91 Å². The van der Waals surface area contributed by atoms with E-state index in [0.717, 1.165) is 44.6 Å². The first kappa shape index (κ1) is 16.3. The molecule has 2 atom stereocenters. The zero-order valence-electron chi connectivity index (χ0n) is 13.8. The van der Waals surface area contributed by atoms with Gasteiger partial charge in [0.15, 0.2) is 6.10 Å². The topological polar surface area (TPSA) is 59.0 Å². The van der Waals surface area contributed by atoms with Crippen LogP contribution in [-0.2, 0) is 14.3 Å². The average Bonchev–Trinajstić information content (AvgIpc) is 2.87. The second kappa shape index (κ2) is 6.49. The molecule has 0 aromatic heterocycles. The molecule has 1 aromatic rings. The van der Waals surface area contributed by atoms with E-state index in [-0.39, 0.29) is 23.1 Å². The predicted octanol–water partition coefficient (Wildman–Crippen LogP) is 2.50. The highest BCUT2D eigenvalue weighted by molar-refractivity contribution is 5.83. The summed E-state index contributed by atoms with van der Waals surface area (Å²) in [4.78, 5) is 15.0. The van der Waals surface area contributed by atoms with Crippen LogP contribution in [0.2, 0.25) is 0 Å². The van der Waals surface area contributed by atoms with E-state index in [0.29, 0.717) is 0 Å². The molecule has 2 saturated heterocycles. The van der Waals surface area contributed by atoms with Crippen LogP contribution in [0.4, 0.5) is 0 Å². The maximum atomic E-state index is 13.0. The number of carbonyl (C=O) groups is 1. The third kappa shape index (κ3) is 2.95. The molecular formula is C18H25NO4. The first-order chi connectivity index (χ1) is 11.1. The number of amides is 1. The van der Waals surface area contributed by atoms with Crippen molar-refractivity contribution in [2.45, 2.75) is 38.3 Å². The normalized spacial score (nSPS) is 24.8. The summed E-state index contributed by atoms with van der Waals surface area (Å²) >= 11 is 0. The van der Waals surface area contributed by atoms with Crippen LogP contribution in [0.5, 0.6) is 5.75 Å².